The molecule has 0 unspecified atom stereocenters. The van der Waals surface area contributed by atoms with E-state index in [4.69, 9.17) is 15.2 Å². The van der Waals surface area contributed by atoms with E-state index in [2.05, 4.69) is 0 Å². The summed E-state index contributed by atoms with van der Waals surface area (Å²) >= 11 is 0. The maximum atomic E-state index is 8.12. The number of hydrogen-bond acceptors (Lipinski definition) is 3. The van der Waals surface area contributed by atoms with E-state index in [0.717, 1.165) is 0 Å². The monoisotopic (exact) mass is 93.0 g/mol. The van der Waals surface area contributed by atoms with Gasteiger partial charge in [-0.05, 0) is 6.92 Å². The second-order valence-corrected chi connectivity index (χ2v) is 0.400. The summed E-state index contributed by atoms with van der Waals surface area (Å²) in [7, 11) is 0. The van der Waals surface area contributed by atoms with Gasteiger partial charge < -0.3 is 5.11 Å². The van der Waals surface area contributed by atoms with Crippen molar-refractivity contribution in [2.75, 3.05) is 6.61 Å². The van der Waals surface area contributed by atoms with Gasteiger partial charge in [-0.15, -0.1) is 0 Å². The molecule has 6 heavy (non-hydrogen) atoms. The largest absolute Gasteiger partial charge is 0.397 e. The average Bonchev–Trinajstić information content (AvgIpc) is 1.39. The van der Waals surface area contributed by atoms with E-state index in [0.29, 0.717) is 0 Å². The number of hydrogen-bond donors (Lipinski definition) is 2. The first kappa shape index (κ1) is 9.03. The van der Waals surface area contributed by atoms with E-state index in [1.165, 1.54) is 0 Å². The van der Waals surface area contributed by atoms with E-state index in [1.807, 2.05) is 0 Å². The van der Waals surface area contributed by atoms with Gasteiger partial charge in [0.15, 0.2) is 0 Å². The van der Waals surface area contributed by atoms with Gasteiger partial charge >= 0.3 is 0 Å². The van der Waals surface area contributed by atoms with Crippen LogP contribution in [-0.2, 0) is 0 Å². The summed E-state index contributed by atoms with van der Waals surface area (Å²) in [6.07, 6.45) is 0. The quantitative estimate of drug-likeness (QED) is 0.278. The van der Waals surface area contributed by atoms with Gasteiger partial charge in [-0.2, -0.15) is 0 Å². The van der Waals surface area contributed by atoms with Crippen LogP contribution in [0.4, 0.5) is 0 Å². The van der Waals surface area contributed by atoms with Gasteiger partial charge in [0.1, 0.15) is 0 Å². The Morgan fingerprint density at radius 1 is 2.00 bits per heavy atom. The number of nitrogens with one attached hydrogen (secondary N) is 1. The Labute approximate surface area is 35.3 Å². The molecule has 4 nitrogen and oxygen atoms in total. The van der Waals surface area contributed by atoms with Gasteiger partial charge in [0.2, 0.25) is 0 Å². The van der Waals surface area contributed by atoms with Crippen LogP contribution in [0.25, 0.3) is 0 Å². The van der Waals surface area contributed by atoms with Crippen LogP contribution >= 0.6 is 0 Å². The Balaban J connectivity index is 0. The van der Waals surface area contributed by atoms with Crippen LogP contribution < -0.4 is 5.34 Å². The molecule has 0 spiro atoms. The fraction of sp³-hybridized carbons (Fsp3) is 1.00. The Kier molecular flexibility index (Phi) is 40.0. The van der Waals surface area contributed by atoms with E-state index in [-0.39, 0.29) is 11.9 Å². The van der Waals surface area contributed by atoms with Crippen LogP contribution in [-0.4, -0.2) is 11.7 Å². The van der Waals surface area contributed by atoms with Gasteiger partial charge in [-0.3, -0.25) is 10.1 Å². The van der Waals surface area contributed by atoms with Crippen molar-refractivity contribution in [1.29, 1.82) is 0 Å². The van der Waals surface area contributed by atoms with Crippen LogP contribution in [0, 0.1) is 10.1 Å². The second kappa shape index (κ2) is 26.6. The van der Waals surface area contributed by atoms with E-state index in [1.54, 1.807) is 6.92 Å². The molecular weight excluding hydrogens is 86.0 g/mol. The van der Waals surface area contributed by atoms with Crippen molar-refractivity contribution in [3.8, 4) is 0 Å². The van der Waals surface area contributed by atoms with Gasteiger partial charge in [-0.25, -0.2) is 0 Å². The molecule has 0 rings (SSSR count). The molecule has 0 heterocycles. The highest BCUT2D eigenvalue weighted by molar-refractivity contribution is 3.84. The van der Waals surface area contributed by atoms with Gasteiger partial charge in [0.05, 0.1) is 0 Å². The first-order chi connectivity index (χ1) is 2.83. The lowest BCUT2D eigenvalue weighted by molar-refractivity contribution is -0.398. The topological polar surface area (TPSA) is 74.3 Å². The van der Waals surface area contributed by atoms with E-state index < -0.39 is 0 Å². The highest BCUT2D eigenvalue weighted by Gasteiger charge is 1.34. The Morgan fingerprint density at radius 3 is 2.00 bits per heavy atom. The Bertz CT molecular complexity index is 22.8. The van der Waals surface area contributed by atoms with Crippen LogP contribution in [0.5, 0.6) is 0 Å². The molecule has 0 aromatic rings. The van der Waals surface area contributed by atoms with E-state index in [9.17, 15) is 0 Å². The third kappa shape index (κ3) is 45.7. The minimum atomic E-state index is 0.250. The third-order valence-electron chi connectivity index (χ3n) is 0. The van der Waals surface area contributed by atoms with Gasteiger partial charge in [-0.1, -0.05) is 0 Å². The summed E-state index contributed by atoms with van der Waals surface area (Å²) in [5, 5.41) is 15.9. The summed E-state index contributed by atoms with van der Waals surface area (Å²) in [5.74, 6) is 0. The summed E-state index contributed by atoms with van der Waals surface area (Å²) in [6, 6.07) is 0. The lowest BCUT2D eigenvalue weighted by atomic mass is 10.9. The Hall–Kier alpha value is -0.640. The van der Waals surface area contributed by atoms with Crippen molar-refractivity contribution in [3.05, 3.63) is 10.1 Å². The maximum Gasteiger partial charge on any atom is 0.0402 e. The zero-order valence-corrected chi connectivity index (χ0v) is 3.47. The minimum Gasteiger partial charge on any atom is -0.397 e. The number of aliphatic hydroxyl groups excluding tert-OH is 1. The predicted octanol–water partition coefficient (Wildman–Crippen LogP) is -1.67. The van der Waals surface area contributed by atoms with Crippen LogP contribution in [0.1, 0.15) is 6.92 Å². The molecule has 38 valence electrons. The van der Waals surface area contributed by atoms with Crippen molar-refractivity contribution in [1.82, 2.24) is 0 Å². The first-order valence-corrected chi connectivity index (χ1v) is 1.43. The molecule has 0 saturated carbocycles. The van der Waals surface area contributed by atoms with Crippen LogP contribution in [0.3, 0.4) is 0 Å². The van der Waals surface area contributed by atoms with Gasteiger partial charge in [0.25, 0.3) is 0 Å². The summed E-state index contributed by atoms with van der Waals surface area (Å²) in [6.45, 7) is 1.93. The molecule has 4 heteroatoms. The molecule has 0 amide bonds. The fourth-order valence-electron chi connectivity index (χ4n) is 0. The second-order valence-electron chi connectivity index (χ2n) is 0.400. The lowest BCUT2D eigenvalue weighted by Crippen LogP contribution is -2.53. The molecule has 2 N–H and O–H groups in total. The SMILES string of the molecule is CCO.O=[NH+][O-]. The average molecular weight is 93.1 g/mol. The lowest BCUT2D eigenvalue weighted by Gasteiger charge is -1.52. The molecule has 0 aliphatic rings. The fourth-order valence-corrected chi connectivity index (χ4v) is 0. The zero-order chi connectivity index (χ0) is 5.41. The molecule has 0 aromatic heterocycles. The highest BCUT2D eigenvalue weighted by Crippen LogP contribution is 1.30. The normalized spacial score (nSPS) is 5.00. The first-order valence-electron chi connectivity index (χ1n) is 1.43. The third-order valence-corrected chi connectivity index (χ3v) is 0. The van der Waals surface area contributed by atoms with Crippen molar-refractivity contribution in [2.24, 2.45) is 0 Å². The van der Waals surface area contributed by atoms with Crippen molar-refractivity contribution in [2.45, 2.75) is 6.92 Å². The molecule has 0 aliphatic heterocycles. The van der Waals surface area contributed by atoms with Crippen molar-refractivity contribution >= 4 is 0 Å². The molecule has 0 atom stereocenters. The molecular formula is C2H7NO3. The zero-order valence-electron chi connectivity index (χ0n) is 3.47. The minimum absolute atomic E-state index is 0.250. The summed E-state index contributed by atoms with van der Waals surface area (Å²) < 4.78 is 0. The van der Waals surface area contributed by atoms with E-state index >= 15 is 0 Å². The number of rotatable bonds is 0. The molecule has 0 bridgehead atoms. The molecule has 0 aromatic carbocycles. The molecule has 0 fully saturated rings. The standard InChI is InChI=1S/C2H6O.HNO2/c1-2-3;2-1-3/h3H,2H2,1H3;1H. The van der Waals surface area contributed by atoms with Crippen LogP contribution in [0.2, 0.25) is 0 Å². The van der Waals surface area contributed by atoms with Crippen molar-refractivity contribution in [3.63, 3.8) is 0 Å². The summed E-state index contributed by atoms with van der Waals surface area (Å²) in [5.41, 5.74) is 0. The van der Waals surface area contributed by atoms with Crippen molar-refractivity contribution < 1.29 is 10.4 Å². The summed E-state index contributed by atoms with van der Waals surface area (Å²) in [4.78, 5) is 8.12. The maximum absolute atomic E-state index is 8.12. The van der Waals surface area contributed by atoms with Crippen LogP contribution in [0.15, 0.2) is 0 Å². The highest BCUT2D eigenvalue weighted by atomic mass is 16.6. The molecule has 0 saturated heterocycles. The smallest absolute Gasteiger partial charge is 0.0402 e. The van der Waals surface area contributed by atoms with Gasteiger partial charge in [0, 0.05) is 11.9 Å². The molecule has 0 radical (unpaired) electrons. The predicted molar refractivity (Wildman–Crippen MR) is 20.5 cm³/mol. The molecule has 0 aliphatic carbocycles. The number of aliphatic hydroxyl groups is 1. The Morgan fingerprint density at radius 2 is 2.00 bits per heavy atom.